The predicted molar refractivity (Wildman–Crippen MR) is 152 cm³/mol. The minimum atomic E-state index is -3.58. The van der Waals surface area contributed by atoms with E-state index in [9.17, 15) is 22.8 Å². The van der Waals surface area contributed by atoms with Crippen molar-refractivity contribution >= 4 is 38.4 Å². The highest BCUT2D eigenvalue weighted by Gasteiger charge is 2.56. The van der Waals surface area contributed by atoms with Gasteiger partial charge < -0.3 is 10.2 Å². The van der Waals surface area contributed by atoms with E-state index in [1.165, 1.54) is 4.31 Å². The summed E-state index contributed by atoms with van der Waals surface area (Å²) in [5.74, 6) is -1.41. The molecule has 8 nitrogen and oxygen atoms in total. The number of Topliss-reactive ketones (excluding diaryl/α,β-unsaturated/α-hetero) is 1. The van der Waals surface area contributed by atoms with Crippen molar-refractivity contribution < 1.29 is 22.8 Å². The molecule has 2 amide bonds. The maximum atomic E-state index is 14.0. The van der Waals surface area contributed by atoms with Crippen LogP contribution in [0, 0.1) is 17.3 Å². The molecule has 4 rings (SSSR count). The molecule has 1 N–H and O–H groups in total. The first kappa shape index (κ1) is 29.2. The van der Waals surface area contributed by atoms with Crippen molar-refractivity contribution in [1.82, 2.24) is 14.5 Å². The molecule has 2 aromatic rings. The molecule has 9 heteroatoms. The normalized spacial score (nSPS) is 23.4. The smallest absolute Gasteiger partial charge is 0.246 e. The van der Waals surface area contributed by atoms with Crippen LogP contribution in [0.2, 0.25) is 0 Å². The van der Waals surface area contributed by atoms with Gasteiger partial charge in [-0.15, -0.1) is 0 Å². The topological polar surface area (TPSA) is 104 Å². The number of hydrogen-bond donors (Lipinski definition) is 1. The molecule has 2 aliphatic heterocycles. The highest BCUT2D eigenvalue weighted by molar-refractivity contribution is 7.88. The van der Waals surface area contributed by atoms with Gasteiger partial charge >= 0.3 is 0 Å². The Bertz CT molecular complexity index is 1370. The summed E-state index contributed by atoms with van der Waals surface area (Å²) in [6.07, 6.45) is 2.43. The molecular weight excluding hydrogens is 514 g/mol. The summed E-state index contributed by atoms with van der Waals surface area (Å²) in [5.41, 5.74) is 0.287. The maximum absolute atomic E-state index is 14.0. The monoisotopic (exact) mass is 555 g/mol. The number of amides is 2. The van der Waals surface area contributed by atoms with Crippen LogP contribution in [0.5, 0.6) is 0 Å². The summed E-state index contributed by atoms with van der Waals surface area (Å²) in [6.45, 7) is 9.86. The van der Waals surface area contributed by atoms with Gasteiger partial charge in [0.2, 0.25) is 21.8 Å². The van der Waals surface area contributed by atoms with Gasteiger partial charge in [0, 0.05) is 31.5 Å². The largest absolute Gasteiger partial charge is 0.344 e. The Morgan fingerprint density at radius 2 is 1.74 bits per heavy atom. The number of hydrogen-bond acceptors (Lipinski definition) is 5. The minimum absolute atomic E-state index is 0.0593. The number of benzene rings is 2. The molecule has 0 radical (unpaired) electrons. The first-order valence-corrected chi connectivity index (χ1v) is 15.6. The molecule has 2 fully saturated rings. The van der Waals surface area contributed by atoms with Gasteiger partial charge in [-0.2, -0.15) is 4.31 Å². The van der Waals surface area contributed by atoms with Crippen LogP contribution in [0.15, 0.2) is 42.5 Å². The Labute approximate surface area is 232 Å². The van der Waals surface area contributed by atoms with Crippen molar-refractivity contribution in [2.24, 2.45) is 17.3 Å². The number of rotatable bonds is 8. The molecule has 2 aromatic carbocycles. The number of likely N-dealkylation sites (tertiary alicyclic amines) is 1. The number of fused-ring (bicyclic) bond motifs is 2. The van der Waals surface area contributed by atoms with Crippen LogP contribution < -0.4 is 5.32 Å². The van der Waals surface area contributed by atoms with E-state index in [-0.39, 0.29) is 36.5 Å². The lowest BCUT2D eigenvalue weighted by Gasteiger charge is -2.37. The molecule has 0 unspecified atom stereocenters. The zero-order valence-electron chi connectivity index (χ0n) is 23.8. The number of carbonyl (C=O) groups is 3. The molecule has 2 heterocycles. The number of nitrogens with one attached hydrogen (secondary N) is 1. The predicted octanol–water partition coefficient (Wildman–Crippen LogP) is 3.39. The fraction of sp³-hybridized carbons (Fsp3) is 0.567. The zero-order chi connectivity index (χ0) is 28.7. The maximum Gasteiger partial charge on any atom is 0.246 e. The molecular formula is C30H41N3O5S. The van der Waals surface area contributed by atoms with Gasteiger partial charge in [-0.3, -0.25) is 14.4 Å². The lowest BCUT2D eigenvalue weighted by atomic mass is 9.84. The quantitative estimate of drug-likeness (QED) is 0.538. The Balaban J connectivity index is 1.63. The Hall–Kier alpha value is -2.78. The third-order valence-electron chi connectivity index (χ3n) is 8.35. The molecule has 0 bridgehead atoms. The van der Waals surface area contributed by atoms with Gasteiger partial charge in [-0.1, -0.05) is 77.1 Å². The summed E-state index contributed by atoms with van der Waals surface area (Å²) in [4.78, 5) is 42.3. The molecule has 5 atom stereocenters. The molecule has 2 aliphatic rings. The number of ketones is 1. The number of nitrogens with zero attached hydrogens (tertiary/aromatic N) is 2. The third kappa shape index (κ3) is 6.04. The molecule has 212 valence electrons. The van der Waals surface area contributed by atoms with Gasteiger partial charge in [0.1, 0.15) is 11.8 Å². The van der Waals surface area contributed by atoms with Gasteiger partial charge in [0.25, 0.3) is 0 Å². The molecule has 0 spiro atoms. The summed E-state index contributed by atoms with van der Waals surface area (Å²) in [6, 6.07) is 12.0. The first-order valence-electron chi connectivity index (χ1n) is 13.8. The van der Waals surface area contributed by atoms with Gasteiger partial charge in [-0.05, 0) is 34.6 Å². The molecule has 0 saturated carbocycles. The van der Waals surface area contributed by atoms with Crippen LogP contribution in [0.4, 0.5) is 0 Å². The van der Waals surface area contributed by atoms with Crippen molar-refractivity contribution in [3.05, 3.63) is 48.0 Å². The summed E-state index contributed by atoms with van der Waals surface area (Å²) < 4.78 is 26.9. The zero-order valence-corrected chi connectivity index (χ0v) is 24.6. The van der Waals surface area contributed by atoms with Crippen LogP contribution in [-0.2, 0) is 30.8 Å². The van der Waals surface area contributed by atoms with Crippen molar-refractivity contribution in [3.63, 3.8) is 0 Å². The minimum Gasteiger partial charge on any atom is -0.344 e. The van der Waals surface area contributed by atoms with Gasteiger partial charge in [0.05, 0.1) is 18.2 Å². The first-order chi connectivity index (χ1) is 18.2. The van der Waals surface area contributed by atoms with Crippen LogP contribution in [0.1, 0.15) is 53.0 Å². The Morgan fingerprint density at radius 1 is 1.08 bits per heavy atom. The van der Waals surface area contributed by atoms with E-state index in [2.05, 4.69) is 5.32 Å². The van der Waals surface area contributed by atoms with E-state index in [1.54, 1.807) is 4.90 Å². The molecule has 0 aliphatic carbocycles. The summed E-state index contributed by atoms with van der Waals surface area (Å²) >= 11 is 0. The van der Waals surface area contributed by atoms with Crippen molar-refractivity contribution in [1.29, 1.82) is 0 Å². The fourth-order valence-electron chi connectivity index (χ4n) is 5.93. The Morgan fingerprint density at radius 3 is 2.36 bits per heavy atom. The van der Waals surface area contributed by atoms with E-state index in [1.807, 2.05) is 77.1 Å². The van der Waals surface area contributed by atoms with Gasteiger partial charge in [-0.25, -0.2) is 8.42 Å². The molecule has 0 aromatic heterocycles. The second kappa shape index (κ2) is 11.0. The van der Waals surface area contributed by atoms with E-state index in [0.29, 0.717) is 19.4 Å². The Kier molecular flexibility index (Phi) is 8.24. The lowest BCUT2D eigenvalue weighted by Crippen LogP contribution is -2.58. The van der Waals surface area contributed by atoms with Crippen molar-refractivity contribution in [3.8, 4) is 0 Å². The summed E-state index contributed by atoms with van der Waals surface area (Å²) in [7, 11) is -3.58. The summed E-state index contributed by atoms with van der Waals surface area (Å²) in [5, 5.41) is 5.08. The van der Waals surface area contributed by atoms with Crippen molar-refractivity contribution in [2.75, 3.05) is 19.3 Å². The highest BCUT2D eigenvalue weighted by Crippen LogP contribution is 2.39. The van der Waals surface area contributed by atoms with E-state index < -0.39 is 39.5 Å². The standard InChI is InChI=1S/C30H41N3O5S/c1-7-19(2)28(35)31-27(30(3,4)5)29(36)32-15-14-24-26(32)23(18-33(24)39(6,37)38)25(34)17-20-12-13-21-10-8-9-11-22(21)16-20/h8-13,16,19,23-24,26-27H,7,14-15,17-18H2,1-6H3,(H,31,35)/t19-,23-,24-,26-,27-/m1/s1. The third-order valence-corrected chi connectivity index (χ3v) is 9.62. The van der Waals surface area contributed by atoms with E-state index in [4.69, 9.17) is 0 Å². The van der Waals surface area contributed by atoms with Crippen LogP contribution in [0.3, 0.4) is 0 Å². The fourth-order valence-corrected chi connectivity index (χ4v) is 7.09. The number of sulfonamides is 1. The van der Waals surface area contributed by atoms with Gasteiger partial charge in [0.15, 0.2) is 0 Å². The van der Waals surface area contributed by atoms with Crippen LogP contribution >= 0.6 is 0 Å². The van der Waals surface area contributed by atoms with E-state index in [0.717, 1.165) is 22.6 Å². The van der Waals surface area contributed by atoms with Crippen LogP contribution in [0.25, 0.3) is 10.8 Å². The highest BCUT2D eigenvalue weighted by atomic mass is 32.2. The van der Waals surface area contributed by atoms with E-state index >= 15 is 0 Å². The average Bonchev–Trinajstić information content (AvgIpc) is 3.46. The lowest BCUT2D eigenvalue weighted by molar-refractivity contribution is -0.142. The second-order valence-corrected chi connectivity index (χ2v) is 14.2. The molecule has 2 saturated heterocycles. The second-order valence-electron chi connectivity index (χ2n) is 12.3. The number of carbonyl (C=O) groups excluding carboxylic acids is 3. The molecule has 39 heavy (non-hydrogen) atoms. The average molecular weight is 556 g/mol. The van der Waals surface area contributed by atoms with Crippen molar-refractivity contribution in [2.45, 2.75) is 72.0 Å². The SMILES string of the molecule is CC[C@@H](C)C(=O)N[C@H](C(=O)N1CC[C@@H]2[C@H]1[C@@H](C(=O)Cc1ccc3ccccc3c1)CN2S(C)(=O)=O)C(C)(C)C. The van der Waals surface area contributed by atoms with Crippen LogP contribution in [-0.4, -0.2) is 72.7 Å².